The largest absolute Gasteiger partial charge is 0.375 e. The van der Waals surface area contributed by atoms with Crippen LogP contribution in [0.25, 0.3) is 11.3 Å². The van der Waals surface area contributed by atoms with Gasteiger partial charge < -0.3 is 5.73 Å². The van der Waals surface area contributed by atoms with Gasteiger partial charge in [0.05, 0.1) is 10.7 Å². The van der Waals surface area contributed by atoms with Crippen LogP contribution >= 0.6 is 22.9 Å². The van der Waals surface area contributed by atoms with Crippen LogP contribution in [0.4, 0.5) is 5.13 Å². The maximum Gasteiger partial charge on any atom is 0.180 e. The normalized spacial score (nSPS) is 10.4. The Labute approximate surface area is 91.4 Å². The molecule has 2 nitrogen and oxygen atoms in total. The number of nitrogen functional groups attached to an aromatic ring is 1. The number of benzene rings is 1. The summed E-state index contributed by atoms with van der Waals surface area (Å²) in [5, 5.41) is 3.19. The second-order valence-corrected chi connectivity index (χ2v) is 4.35. The number of thiazole rings is 1. The maximum atomic E-state index is 6.06. The van der Waals surface area contributed by atoms with Crippen molar-refractivity contribution in [1.29, 1.82) is 0 Å². The van der Waals surface area contributed by atoms with E-state index in [1.807, 2.05) is 30.5 Å². The van der Waals surface area contributed by atoms with Crippen LogP contribution in [0.3, 0.4) is 0 Å². The fourth-order valence-corrected chi connectivity index (χ4v) is 2.02. The molecule has 1 heterocycles. The molecule has 1 aromatic heterocycles. The summed E-state index contributed by atoms with van der Waals surface area (Å²) in [6.07, 6.45) is 0. The molecule has 0 aliphatic heterocycles. The number of anilines is 1. The Kier molecular flexibility index (Phi) is 2.44. The van der Waals surface area contributed by atoms with Crippen LogP contribution in [0.2, 0.25) is 5.02 Å². The van der Waals surface area contributed by atoms with E-state index in [-0.39, 0.29) is 0 Å². The molecule has 2 rings (SSSR count). The molecule has 4 heteroatoms. The molecule has 14 heavy (non-hydrogen) atoms. The van der Waals surface area contributed by atoms with E-state index < -0.39 is 0 Å². The Hall–Kier alpha value is -1.06. The van der Waals surface area contributed by atoms with E-state index in [1.54, 1.807) is 0 Å². The molecule has 2 aromatic rings. The first-order valence-electron chi connectivity index (χ1n) is 4.14. The summed E-state index contributed by atoms with van der Waals surface area (Å²) in [5.74, 6) is 0. The third-order valence-electron chi connectivity index (χ3n) is 1.92. The highest BCUT2D eigenvalue weighted by atomic mass is 35.5. The van der Waals surface area contributed by atoms with Crippen LogP contribution in [-0.2, 0) is 0 Å². The lowest BCUT2D eigenvalue weighted by atomic mass is 10.1. The Balaban J connectivity index is 2.55. The van der Waals surface area contributed by atoms with E-state index in [1.165, 1.54) is 11.3 Å². The second-order valence-electron chi connectivity index (χ2n) is 3.05. The van der Waals surface area contributed by atoms with Crippen LogP contribution < -0.4 is 5.73 Å². The van der Waals surface area contributed by atoms with Crippen LogP contribution in [-0.4, -0.2) is 4.98 Å². The molecule has 0 saturated carbocycles. The Morgan fingerprint density at radius 3 is 2.86 bits per heavy atom. The fraction of sp³-hybridized carbons (Fsp3) is 0.100. The number of aryl methyl sites for hydroxylation is 1. The molecule has 0 amide bonds. The van der Waals surface area contributed by atoms with Crippen molar-refractivity contribution in [3.8, 4) is 11.3 Å². The summed E-state index contributed by atoms with van der Waals surface area (Å²) in [6.45, 7) is 2.02. The van der Waals surface area contributed by atoms with Gasteiger partial charge in [0.1, 0.15) is 0 Å². The smallest absolute Gasteiger partial charge is 0.180 e. The molecule has 0 aliphatic carbocycles. The van der Waals surface area contributed by atoms with Crippen LogP contribution in [0, 0.1) is 6.92 Å². The summed E-state index contributed by atoms with van der Waals surface area (Å²) in [7, 11) is 0. The van der Waals surface area contributed by atoms with Gasteiger partial charge in [0.2, 0.25) is 0 Å². The lowest BCUT2D eigenvalue weighted by Gasteiger charge is -2.01. The molecule has 2 N–H and O–H groups in total. The number of rotatable bonds is 1. The maximum absolute atomic E-state index is 6.06. The summed E-state index contributed by atoms with van der Waals surface area (Å²) in [6, 6.07) is 5.86. The second kappa shape index (κ2) is 3.59. The number of nitrogens with two attached hydrogens (primary N) is 1. The predicted octanol–water partition coefficient (Wildman–Crippen LogP) is 3.35. The lowest BCUT2D eigenvalue weighted by Crippen LogP contribution is -1.84. The first-order valence-corrected chi connectivity index (χ1v) is 5.40. The number of halogens is 1. The number of nitrogens with zero attached hydrogens (tertiary/aromatic N) is 1. The molecular weight excluding hydrogens is 216 g/mol. The highest BCUT2D eigenvalue weighted by molar-refractivity contribution is 7.13. The van der Waals surface area contributed by atoms with E-state index in [9.17, 15) is 0 Å². The first-order chi connectivity index (χ1) is 6.66. The van der Waals surface area contributed by atoms with Crippen molar-refractivity contribution in [3.05, 3.63) is 34.2 Å². The van der Waals surface area contributed by atoms with Crippen molar-refractivity contribution in [2.45, 2.75) is 6.92 Å². The average molecular weight is 225 g/mol. The van der Waals surface area contributed by atoms with Crippen LogP contribution in [0.15, 0.2) is 23.6 Å². The lowest BCUT2D eigenvalue weighted by molar-refractivity contribution is 1.39. The van der Waals surface area contributed by atoms with Gasteiger partial charge in [0.15, 0.2) is 5.13 Å². The topological polar surface area (TPSA) is 38.9 Å². The highest BCUT2D eigenvalue weighted by Gasteiger charge is 2.06. The Bertz CT molecular complexity index is 465. The summed E-state index contributed by atoms with van der Waals surface area (Å²) < 4.78 is 0. The SMILES string of the molecule is Cc1ccc(Cl)c(-c2csc(N)n2)c1. The monoisotopic (exact) mass is 224 g/mol. The minimum absolute atomic E-state index is 0.567. The molecule has 0 fully saturated rings. The molecule has 0 spiro atoms. The summed E-state index contributed by atoms with van der Waals surface area (Å²) in [5.41, 5.74) is 8.52. The fourth-order valence-electron chi connectivity index (χ4n) is 1.25. The predicted molar refractivity (Wildman–Crippen MR) is 61.7 cm³/mol. The van der Waals surface area contributed by atoms with Crippen molar-refractivity contribution in [2.24, 2.45) is 0 Å². The van der Waals surface area contributed by atoms with Gasteiger partial charge >= 0.3 is 0 Å². The molecule has 0 aliphatic rings. The molecule has 0 unspecified atom stereocenters. The first kappa shape index (κ1) is 9.49. The molecule has 72 valence electrons. The number of aromatic nitrogens is 1. The standard InChI is InChI=1S/C10H9ClN2S/c1-6-2-3-8(11)7(4-6)9-5-14-10(12)13-9/h2-5H,1H3,(H2,12,13). The molecule has 0 atom stereocenters. The van der Waals surface area contributed by atoms with Gasteiger partial charge in [-0.05, 0) is 19.1 Å². The Morgan fingerprint density at radius 2 is 2.21 bits per heavy atom. The van der Waals surface area contributed by atoms with E-state index in [4.69, 9.17) is 17.3 Å². The van der Waals surface area contributed by atoms with Gasteiger partial charge in [0.25, 0.3) is 0 Å². The zero-order valence-corrected chi connectivity index (χ0v) is 9.19. The minimum atomic E-state index is 0.567. The number of hydrogen-bond donors (Lipinski definition) is 1. The van der Waals surface area contributed by atoms with Gasteiger partial charge in [-0.2, -0.15) is 0 Å². The summed E-state index contributed by atoms with van der Waals surface area (Å²) >= 11 is 7.49. The third kappa shape index (κ3) is 1.74. The zero-order valence-electron chi connectivity index (χ0n) is 7.62. The van der Waals surface area contributed by atoms with Crippen molar-refractivity contribution in [2.75, 3.05) is 5.73 Å². The molecule has 0 bridgehead atoms. The van der Waals surface area contributed by atoms with Crippen LogP contribution in [0.1, 0.15) is 5.56 Å². The summed E-state index contributed by atoms with van der Waals surface area (Å²) in [4.78, 5) is 4.19. The van der Waals surface area contributed by atoms with E-state index in [0.717, 1.165) is 16.8 Å². The molecule has 0 saturated heterocycles. The Morgan fingerprint density at radius 1 is 1.43 bits per heavy atom. The molecule has 1 aromatic carbocycles. The van der Waals surface area contributed by atoms with E-state index in [0.29, 0.717) is 10.2 Å². The van der Waals surface area contributed by atoms with Crippen molar-refractivity contribution < 1.29 is 0 Å². The van der Waals surface area contributed by atoms with E-state index in [2.05, 4.69) is 4.98 Å². The number of hydrogen-bond acceptors (Lipinski definition) is 3. The highest BCUT2D eigenvalue weighted by Crippen LogP contribution is 2.30. The quantitative estimate of drug-likeness (QED) is 0.807. The molecule has 0 radical (unpaired) electrons. The van der Waals surface area contributed by atoms with Gasteiger partial charge in [-0.3, -0.25) is 0 Å². The molecular formula is C10H9ClN2S. The van der Waals surface area contributed by atoms with Gasteiger partial charge in [-0.1, -0.05) is 23.2 Å². The third-order valence-corrected chi connectivity index (χ3v) is 2.92. The minimum Gasteiger partial charge on any atom is -0.375 e. The van der Waals surface area contributed by atoms with Crippen molar-refractivity contribution >= 4 is 28.1 Å². The van der Waals surface area contributed by atoms with Crippen molar-refractivity contribution in [1.82, 2.24) is 4.98 Å². The van der Waals surface area contributed by atoms with Gasteiger partial charge in [-0.25, -0.2) is 4.98 Å². The van der Waals surface area contributed by atoms with Gasteiger partial charge in [-0.15, -0.1) is 11.3 Å². The van der Waals surface area contributed by atoms with E-state index >= 15 is 0 Å². The average Bonchev–Trinajstić information content (AvgIpc) is 2.56. The van der Waals surface area contributed by atoms with Crippen molar-refractivity contribution in [3.63, 3.8) is 0 Å². The van der Waals surface area contributed by atoms with Crippen LogP contribution in [0.5, 0.6) is 0 Å². The van der Waals surface area contributed by atoms with Gasteiger partial charge in [0, 0.05) is 10.9 Å². The zero-order chi connectivity index (χ0) is 10.1.